The van der Waals surface area contributed by atoms with Crippen LogP contribution in [-0.2, 0) is 0 Å². The van der Waals surface area contributed by atoms with Gasteiger partial charge < -0.3 is 25.1 Å². The first-order valence-corrected chi connectivity index (χ1v) is 9.02. The third-order valence-corrected chi connectivity index (χ3v) is 4.94. The van der Waals surface area contributed by atoms with E-state index in [0.717, 1.165) is 12.8 Å². The molecule has 1 aromatic heterocycles. The molecule has 0 amide bonds. The van der Waals surface area contributed by atoms with Crippen molar-refractivity contribution in [1.82, 2.24) is 10.3 Å². The summed E-state index contributed by atoms with van der Waals surface area (Å²) in [7, 11) is 0. The fraction of sp³-hybridized carbons (Fsp3) is 0.412. The van der Waals surface area contributed by atoms with E-state index in [1.54, 1.807) is 0 Å². The van der Waals surface area contributed by atoms with Crippen LogP contribution in [0.3, 0.4) is 0 Å². The van der Waals surface area contributed by atoms with Gasteiger partial charge in [-0.1, -0.05) is 11.6 Å². The molecule has 2 aromatic rings. The number of allylic oxidation sites excluding steroid dienone is 1. The van der Waals surface area contributed by atoms with Crippen molar-refractivity contribution in [1.29, 1.82) is 0 Å². The number of aromatic nitrogens is 1. The lowest BCUT2D eigenvalue weighted by Gasteiger charge is -2.31. The van der Waals surface area contributed by atoms with Crippen LogP contribution in [-0.4, -0.2) is 42.7 Å². The number of oxazole rings is 1. The number of piperazine rings is 1. The van der Waals surface area contributed by atoms with E-state index in [-0.39, 0.29) is 27.8 Å². The number of hydrogen-bond donors (Lipinski definition) is 2. The molecule has 150 valence electrons. The Hall–Kier alpha value is -2.46. The van der Waals surface area contributed by atoms with E-state index < -0.39 is 12.1 Å². The van der Waals surface area contributed by atoms with Gasteiger partial charge in [-0.05, 0) is 31.2 Å². The first kappa shape index (κ1) is 18.9. The molecule has 2 aliphatic heterocycles. The van der Waals surface area contributed by atoms with E-state index in [0.29, 0.717) is 25.2 Å². The quantitative estimate of drug-likeness (QED) is 0.743. The van der Waals surface area contributed by atoms with Crippen molar-refractivity contribution in [2.24, 2.45) is 10.7 Å². The Balaban J connectivity index is 1.80. The number of nitrogens with one attached hydrogen (secondary N) is 1. The Morgan fingerprint density at radius 3 is 2.71 bits per heavy atom. The smallest absolute Gasteiger partial charge is 0.421 e. The van der Waals surface area contributed by atoms with E-state index in [9.17, 15) is 13.2 Å². The van der Waals surface area contributed by atoms with Crippen LogP contribution in [0.1, 0.15) is 12.8 Å². The number of halogens is 4. The van der Waals surface area contributed by atoms with Crippen LogP contribution in [0.25, 0.3) is 11.1 Å². The number of rotatable bonds is 4. The van der Waals surface area contributed by atoms with E-state index >= 15 is 0 Å². The topological polar surface area (TPSA) is 88.9 Å². The first-order valence-electron chi connectivity index (χ1n) is 8.65. The Morgan fingerprint density at radius 2 is 2.07 bits per heavy atom. The Morgan fingerprint density at radius 1 is 1.36 bits per heavy atom. The summed E-state index contributed by atoms with van der Waals surface area (Å²) in [6, 6.07) is 2.06. The van der Waals surface area contributed by atoms with Crippen molar-refractivity contribution >= 4 is 40.6 Å². The summed E-state index contributed by atoms with van der Waals surface area (Å²) in [5.41, 5.74) is 5.43. The highest BCUT2D eigenvalue weighted by Gasteiger charge is 2.37. The highest BCUT2D eigenvalue weighted by Crippen LogP contribution is 2.43. The van der Waals surface area contributed by atoms with Crippen molar-refractivity contribution in [3.63, 3.8) is 0 Å². The van der Waals surface area contributed by atoms with Crippen LogP contribution >= 0.6 is 11.6 Å². The van der Waals surface area contributed by atoms with Crippen LogP contribution < -0.4 is 20.7 Å². The second kappa shape index (κ2) is 7.17. The highest BCUT2D eigenvalue weighted by molar-refractivity contribution is 6.33. The molecular formula is C17H17ClF3N5O2. The number of nitrogens with two attached hydrogens (primary N) is 1. The number of ether oxygens (including phenoxy) is 1. The largest absolute Gasteiger partial charge is 0.573 e. The van der Waals surface area contributed by atoms with Gasteiger partial charge in [-0.3, -0.25) is 4.99 Å². The molecule has 28 heavy (non-hydrogen) atoms. The summed E-state index contributed by atoms with van der Waals surface area (Å²) in [5, 5.41) is 3.20. The Labute approximate surface area is 163 Å². The van der Waals surface area contributed by atoms with Crippen LogP contribution in [0, 0.1) is 0 Å². The lowest BCUT2D eigenvalue weighted by molar-refractivity contribution is -0.274. The van der Waals surface area contributed by atoms with E-state index in [2.05, 4.69) is 20.0 Å². The number of nitrogens with zero attached hydrogens (tertiary/aromatic N) is 3. The molecule has 2 fully saturated rings. The van der Waals surface area contributed by atoms with Gasteiger partial charge in [0.25, 0.3) is 6.01 Å². The van der Waals surface area contributed by atoms with Crippen molar-refractivity contribution < 1.29 is 22.3 Å². The summed E-state index contributed by atoms with van der Waals surface area (Å²) in [5.74, 6) is -0.606. The maximum atomic E-state index is 12.9. The number of fused-ring (bicyclic) bond motifs is 3. The summed E-state index contributed by atoms with van der Waals surface area (Å²) in [6.07, 6.45) is 1.27. The number of hydrogen-bond acceptors (Lipinski definition) is 7. The number of alkyl halides is 3. The Kier molecular flexibility index (Phi) is 4.84. The van der Waals surface area contributed by atoms with Crippen LogP contribution in [0.2, 0.25) is 5.02 Å². The molecule has 11 heteroatoms. The van der Waals surface area contributed by atoms with Gasteiger partial charge in [0.1, 0.15) is 5.69 Å². The predicted molar refractivity (Wildman–Crippen MR) is 99.3 cm³/mol. The average molecular weight is 416 g/mol. The molecule has 3 N–H and O–H groups in total. The van der Waals surface area contributed by atoms with E-state index in [1.807, 2.05) is 4.90 Å². The minimum Gasteiger partial charge on any atom is -0.421 e. The molecule has 1 aromatic carbocycles. The SMILES string of the molecule is NC=CC=Nc1cc(Cl)c(OC(F)(F)F)c2nc(N3CC4CCC(C3)N4)oc12. The second-order valence-electron chi connectivity index (χ2n) is 6.63. The maximum absolute atomic E-state index is 12.9. The van der Waals surface area contributed by atoms with E-state index in [4.69, 9.17) is 21.8 Å². The zero-order valence-electron chi connectivity index (χ0n) is 14.5. The minimum atomic E-state index is -4.92. The van der Waals surface area contributed by atoms with Gasteiger partial charge >= 0.3 is 6.36 Å². The molecule has 2 aliphatic rings. The molecule has 0 spiro atoms. The molecule has 2 bridgehead atoms. The number of anilines is 1. The summed E-state index contributed by atoms with van der Waals surface area (Å²) in [4.78, 5) is 10.3. The molecule has 0 saturated carbocycles. The molecule has 3 heterocycles. The lowest BCUT2D eigenvalue weighted by atomic mass is 10.2. The van der Waals surface area contributed by atoms with Gasteiger partial charge in [-0.25, -0.2) is 0 Å². The molecule has 2 atom stereocenters. The van der Waals surface area contributed by atoms with Gasteiger partial charge in [0, 0.05) is 31.4 Å². The van der Waals surface area contributed by atoms with Crippen LogP contribution in [0.4, 0.5) is 24.9 Å². The van der Waals surface area contributed by atoms with E-state index in [1.165, 1.54) is 24.6 Å². The van der Waals surface area contributed by atoms with Gasteiger partial charge in [0.15, 0.2) is 16.8 Å². The monoisotopic (exact) mass is 415 g/mol. The molecule has 0 aliphatic carbocycles. The fourth-order valence-corrected chi connectivity index (χ4v) is 3.80. The zero-order valence-corrected chi connectivity index (χ0v) is 15.3. The zero-order chi connectivity index (χ0) is 19.9. The minimum absolute atomic E-state index is 0.0613. The fourth-order valence-electron chi connectivity index (χ4n) is 3.57. The van der Waals surface area contributed by atoms with Crippen molar-refractivity contribution in [3.05, 3.63) is 23.4 Å². The standard InChI is InChI=1S/C17H17ClF3N5O2/c18-11-6-12(23-5-1-4-22)15-13(14(11)28-17(19,20)21)25-16(27-15)26-7-9-2-3-10(8-26)24-9/h1,4-6,9-10,24H,2-3,7-8,22H2. The van der Waals surface area contributed by atoms with Crippen molar-refractivity contribution in [2.75, 3.05) is 18.0 Å². The predicted octanol–water partition coefficient (Wildman–Crippen LogP) is 3.50. The summed E-state index contributed by atoms with van der Waals surface area (Å²) < 4.78 is 48.5. The molecule has 4 rings (SSSR count). The van der Waals surface area contributed by atoms with Crippen molar-refractivity contribution in [3.8, 4) is 5.75 Å². The Bertz CT molecular complexity index is 931. The molecule has 2 saturated heterocycles. The van der Waals surface area contributed by atoms with Crippen LogP contribution in [0.15, 0.2) is 27.8 Å². The highest BCUT2D eigenvalue weighted by atomic mass is 35.5. The third-order valence-electron chi connectivity index (χ3n) is 4.66. The van der Waals surface area contributed by atoms with Gasteiger partial charge in [0.2, 0.25) is 0 Å². The molecular weight excluding hydrogens is 399 g/mol. The van der Waals surface area contributed by atoms with Gasteiger partial charge in [-0.15, -0.1) is 13.2 Å². The van der Waals surface area contributed by atoms with Gasteiger partial charge in [0.05, 0.1) is 5.02 Å². The normalized spacial score (nSPS) is 22.8. The first-order chi connectivity index (χ1) is 13.3. The summed E-state index contributed by atoms with van der Waals surface area (Å²) >= 11 is 6.03. The number of aliphatic imine (C=N–C) groups is 1. The molecule has 2 unspecified atom stereocenters. The third kappa shape index (κ3) is 3.74. The molecule has 7 nitrogen and oxygen atoms in total. The van der Waals surface area contributed by atoms with Crippen LogP contribution in [0.5, 0.6) is 5.75 Å². The number of benzene rings is 1. The second-order valence-corrected chi connectivity index (χ2v) is 7.04. The molecule has 0 radical (unpaired) electrons. The summed E-state index contributed by atoms with van der Waals surface area (Å²) in [6.45, 7) is 1.31. The lowest BCUT2D eigenvalue weighted by Crippen LogP contribution is -2.51. The average Bonchev–Trinajstić information content (AvgIpc) is 3.21. The van der Waals surface area contributed by atoms with Gasteiger partial charge in [-0.2, -0.15) is 4.98 Å². The van der Waals surface area contributed by atoms with Crippen molar-refractivity contribution in [2.45, 2.75) is 31.3 Å². The maximum Gasteiger partial charge on any atom is 0.573 e.